The number of aromatic nitrogens is 1. The first-order valence-electron chi connectivity index (χ1n) is 11.3. The summed E-state index contributed by atoms with van der Waals surface area (Å²) in [6, 6.07) is 21.5. The van der Waals surface area contributed by atoms with E-state index >= 15 is 0 Å². The SMILES string of the molecule is C=CCNC(=O)[C@]1(Cc2cccc(-c3ccncc3)c2)CCCN(C(=O)c2ccccc2)C1. The van der Waals surface area contributed by atoms with E-state index < -0.39 is 5.41 Å². The van der Waals surface area contributed by atoms with Gasteiger partial charge >= 0.3 is 0 Å². The first-order valence-corrected chi connectivity index (χ1v) is 11.3. The van der Waals surface area contributed by atoms with Gasteiger partial charge in [0.05, 0.1) is 5.41 Å². The van der Waals surface area contributed by atoms with Crippen LogP contribution in [0.3, 0.4) is 0 Å². The zero-order valence-corrected chi connectivity index (χ0v) is 18.7. The zero-order valence-electron chi connectivity index (χ0n) is 18.7. The molecule has 0 radical (unpaired) electrons. The summed E-state index contributed by atoms with van der Waals surface area (Å²) >= 11 is 0. The molecular weight excluding hydrogens is 410 g/mol. The Morgan fingerprint density at radius 2 is 1.82 bits per heavy atom. The third-order valence-corrected chi connectivity index (χ3v) is 6.26. The maximum absolute atomic E-state index is 13.4. The predicted octanol–water partition coefficient (Wildman–Crippen LogP) is 4.52. The molecule has 1 fully saturated rings. The van der Waals surface area contributed by atoms with Crippen LogP contribution in [0.4, 0.5) is 0 Å². The van der Waals surface area contributed by atoms with Crippen LogP contribution in [-0.2, 0) is 11.2 Å². The van der Waals surface area contributed by atoms with Crippen LogP contribution in [0.25, 0.3) is 11.1 Å². The van der Waals surface area contributed by atoms with Gasteiger partial charge < -0.3 is 10.2 Å². The third-order valence-electron chi connectivity index (χ3n) is 6.26. The summed E-state index contributed by atoms with van der Waals surface area (Å²) in [7, 11) is 0. The molecule has 1 N–H and O–H groups in total. The Hall–Kier alpha value is -3.73. The molecule has 0 unspecified atom stereocenters. The van der Waals surface area contributed by atoms with Crippen molar-refractivity contribution in [3.8, 4) is 11.1 Å². The number of carbonyl (C=O) groups is 2. The number of likely N-dealkylation sites (tertiary alicyclic amines) is 1. The summed E-state index contributed by atoms with van der Waals surface area (Å²) in [6.45, 7) is 5.18. The second-order valence-corrected chi connectivity index (χ2v) is 8.59. The lowest BCUT2D eigenvalue weighted by atomic mass is 9.73. The molecule has 0 bridgehead atoms. The number of rotatable bonds is 7. The maximum atomic E-state index is 13.4. The van der Waals surface area contributed by atoms with Crippen molar-refractivity contribution < 1.29 is 9.59 Å². The van der Waals surface area contributed by atoms with E-state index in [4.69, 9.17) is 0 Å². The van der Waals surface area contributed by atoms with Crippen LogP contribution in [0.1, 0.15) is 28.8 Å². The van der Waals surface area contributed by atoms with Crippen molar-refractivity contribution >= 4 is 11.8 Å². The Kier molecular flexibility index (Phi) is 6.98. The van der Waals surface area contributed by atoms with Crippen molar-refractivity contribution in [2.75, 3.05) is 19.6 Å². The third kappa shape index (κ3) is 5.20. The molecule has 1 aliphatic rings. The molecule has 0 saturated carbocycles. The lowest BCUT2D eigenvalue weighted by Gasteiger charge is -2.42. The van der Waals surface area contributed by atoms with Gasteiger partial charge in [0.25, 0.3) is 5.91 Å². The van der Waals surface area contributed by atoms with Gasteiger partial charge in [0.1, 0.15) is 0 Å². The van der Waals surface area contributed by atoms with Gasteiger partial charge in [0, 0.05) is 37.6 Å². The Bertz CT molecular complexity index is 1110. The highest BCUT2D eigenvalue weighted by molar-refractivity contribution is 5.95. The normalized spacial score (nSPS) is 17.9. The van der Waals surface area contributed by atoms with E-state index in [0.717, 1.165) is 29.5 Å². The first kappa shape index (κ1) is 22.5. The Morgan fingerprint density at radius 1 is 1.03 bits per heavy atom. The summed E-state index contributed by atoms with van der Waals surface area (Å²) in [5.41, 5.74) is 3.21. The van der Waals surface area contributed by atoms with Crippen molar-refractivity contribution in [1.82, 2.24) is 15.2 Å². The van der Waals surface area contributed by atoms with E-state index in [1.807, 2.05) is 53.4 Å². The summed E-state index contributed by atoms with van der Waals surface area (Å²) in [5.74, 6) is -0.0518. The number of nitrogens with zero attached hydrogens (tertiary/aromatic N) is 2. The second kappa shape index (κ2) is 10.3. The fourth-order valence-corrected chi connectivity index (χ4v) is 4.63. The largest absolute Gasteiger partial charge is 0.352 e. The van der Waals surface area contributed by atoms with Crippen molar-refractivity contribution in [2.45, 2.75) is 19.3 Å². The number of piperidine rings is 1. The van der Waals surface area contributed by atoms with Crippen LogP contribution in [0, 0.1) is 5.41 Å². The highest BCUT2D eigenvalue weighted by atomic mass is 16.2. The standard InChI is InChI=1S/C28H29N3O2/c1-2-15-30-27(33)28(14-7-18-31(21-28)26(32)24-9-4-3-5-10-24)20-22-8-6-11-25(19-22)23-12-16-29-17-13-23/h2-6,8-13,16-17,19H,1,7,14-15,18,20-21H2,(H,30,33)/t28-/m0/s1. The van der Waals surface area contributed by atoms with Crippen LogP contribution in [0.5, 0.6) is 0 Å². The van der Waals surface area contributed by atoms with Gasteiger partial charge in [-0.05, 0) is 60.2 Å². The molecule has 5 heteroatoms. The molecule has 3 aromatic rings. The highest BCUT2D eigenvalue weighted by Gasteiger charge is 2.43. The van der Waals surface area contributed by atoms with E-state index in [0.29, 0.717) is 31.6 Å². The molecule has 168 valence electrons. The van der Waals surface area contributed by atoms with Crippen LogP contribution in [-0.4, -0.2) is 41.3 Å². The van der Waals surface area contributed by atoms with E-state index in [9.17, 15) is 9.59 Å². The van der Waals surface area contributed by atoms with Gasteiger partial charge in [0.2, 0.25) is 5.91 Å². The number of amides is 2. The van der Waals surface area contributed by atoms with Crippen molar-refractivity contribution in [3.63, 3.8) is 0 Å². The lowest BCUT2D eigenvalue weighted by Crippen LogP contribution is -2.54. The van der Waals surface area contributed by atoms with Crippen molar-refractivity contribution in [1.29, 1.82) is 0 Å². The minimum Gasteiger partial charge on any atom is -0.352 e. The summed E-state index contributed by atoms with van der Waals surface area (Å²) < 4.78 is 0. The molecule has 4 rings (SSSR count). The minimum atomic E-state index is -0.692. The molecular formula is C28H29N3O2. The minimum absolute atomic E-state index is 0.0257. The molecule has 1 aromatic heterocycles. The molecule has 2 aromatic carbocycles. The summed E-state index contributed by atoms with van der Waals surface area (Å²) in [4.78, 5) is 32.6. The molecule has 1 aliphatic heterocycles. The molecule has 5 nitrogen and oxygen atoms in total. The van der Waals surface area contributed by atoms with E-state index in [1.165, 1.54) is 0 Å². The molecule has 1 saturated heterocycles. The summed E-state index contributed by atoms with van der Waals surface area (Å²) in [6.07, 6.45) is 7.32. The van der Waals surface area contributed by atoms with E-state index in [2.05, 4.69) is 35.1 Å². The van der Waals surface area contributed by atoms with Gasteiger partial charge in [-0.3, -0.25) is 14.6 Å². The van der Waals surface area contributed by atoms with Crippen LogP contribution >= 0.6 is 0 Å². The quantitative estimate of drug-likeness (QED) is 0.551. The van der Waals surface area contributed by atoms with E-state index in [-0.39, 0.29) is 11.8 Å². The van der Waals surface area contributed by atoms with Gasteiger partial charge in [-0.2, -0.15) is 0 Å². The second-order valence-electron chi connectivity index (χ2n) is 8.59. The van der Waals surface area contributed by atoms with Crippen LogP contribution in [0.15, 0.2) is 91.8 Å². The van der Waals surface area contributed by atoms with Crippen molar-refractivity contribution in [2.24, 2.45) is 5.41 Å². The Balaban J connectivity index is 1.63. The van der Waals surface area contributed by atoms with Crippen molar-refractivity contribution in [3.05, 3.63) is 103 Å². The maximum Gasteiger partial charge on any atom is 0.253 e. The number of hydrogen-bond donors (Lipinski definition) is 1. The number of benzene rings is 2. The molecule has 0 spiro atoms. The number of hydrogen-bond acceptors (Lipinski definition) is 3. The molecule has 0 aliphatic carbocycles. The number of carbonyl (C=O) groups excluding carboxylic acids is 2. The van der Waals surface area contributed by atoms with Crippen LogP contribution < -0.4 is 5.32 Å². The molecule has 2 heterocycles. The average molecular weight is 440 g/mol. The predicted molar refractivity (Wildman–Crippen MR) is 131 cm³/mol. The molecule has 33 heavy (non-hydrogen) atoms. The molecule has 2 amide bonds. The fourth-order valence-electron chi connectivity index (χ4n) is 4.63. The smallest absolute Gasteiger partial charge is 0.253 e. The average Bonchev–Trinajstić information content (AvgIpc) is 2.88. The molecule has 1 atom stereocenters. The van der Waals surface area contributed by atoms with Gasteiger partial charge in [-0.1, -0.05) is 48.5 Å². The highest BCUT2D eigenvalue weighted by Crippen LogP contribution is 2.36. The first-order chi connectivity index (χ1) is 16.1. The van der Waals surface area contributed by atoms with Gasteiger partial charge in [0.15, 0.2) is 0 Å². The number of nitrogens with one attached hydrogen (secondary N) is 1. The Morgan fingerprint density at radius 3 is 2.58 bits per heavy atom. The zero-order chi connectivity index (χ0) is 23.1. The van der Waals surface area contributed by atoms with Gasteiger partial charge in [-0.25, -0.2) is 0 Å². The van der Waals surface area contributed by atoms with E-state index in [1.54, 1.807) is 18.5 Å². The monoisotopic (exact) mass is 439 g/mol. The fraction of sp³-hybridized carbons (Fsp3) is 0.250. The number of pyridine rings is 1. The van der Waals surface area contributed by atoms with Gasteiger partial charge in [-0.15, -0.1) is 6.58 Å². The Labute approximate surface area is 195 Å². The topological polar surface area (TPSA) is 62.3 Å². The summed E-state index contributed by atoms with van der Waals surface area (Å²) in [5, 5.41) is 3.01. The lowest BCUT2D eigenvalue weighted by molar-refractivity contribution is -0.133. The van der Waals surface area contributed by atoms with Crippen LogP contribution in [0.2, 0.25) is 0 Å².